The van der Waals surface area contributed by atoms with Crippen molar-refractivity contribution < 1.29 is 8.42 Å². The van der Waals surface area contributed by atoms with Gasteiger partial charge in [0.25, 0.3) is 0 Å². The summed E-state index contributed by atoms with van der Waals surface area (Å²) in [5, 5.41) is 14.4. The molecule has 0 fully saturated rings. The first-order valence-corrected chi connectivity index (χ1v) is 8.76. The van der Waals surface area contributed by atoms with E-state index in [1.54, 1.807) is 11.0 Å². The second-order valence-corrected chi connectivity index (χ2v) is 7.27. The molecule has 114 valence electrons. The molecule has 0 saturated heterocycles. The van der Waals surface area contributed by atoms with Crippen molar-refractivity contribution in [3.8, 4) is 5.69 Å². The molecule has 1 unspecified atom stereocenters. The van der Waals surface area contributed by atoms with Crippen LogP contribution < -0.4 is 5.32 Å². The molecule has 0 aliphatic carbocycles. The summed E-state index contributed by atoms with van der Waals surface area (Å²) in [5.41, 5.74) is 1.99. The smallest absolute Gasteiger partial charge is 0.147 e. The van der Waals surface area contributed by atoms with Crippen LogP contribution >= 0.6 is 0 Å². The number of benzene rings is 1. The summed E-state index contributed by atoms with van der Waals surface area (Å²) in [6.45, 7) is 2.70. The van der Waals surface area contributed by atoms with Crippen molar-refractivity contribution in [3.05, 3.63) is 36.2 Å². The first-order valence-electron chi connectivity index (χ1n) is 6.70. The molecule has 1 aromatic heterocycles. The van der Waals surface area contributed by atoms with E-state index in [0.717, 1.165) is 11.3 Å². The molecular weight excluding hydrogens is 290 g/mol. The zero-order chi connectivity index (χ0) is 15.3. The fourth-order valence-corrected chi connectivity index (χ4v) is 2.66. The zero-order valence-electron chi connectivity index (χ0n) is 12.1. The second-order valence-electron chi connectivity index (χ2n) is 5.01. The maximum atomic E-state index is 11.1. The van der Waals surface area contributed by atoms with Gasteiger partial charge in [0.1, 0.15) is 16.2 Å². The van der Waals surface area contributed by atoms with Gasteiger partial charge in [0.2, 0.25) is 0 Å². The average Bonchev–Trinajstić information content (AvgIpc) is 2.96. The van der Waals surface area contributed by atoms with Gasteiger partial charge >= 0.3 is 0 Å². The number of hydrogen-bond donors (Lipinski definition) is 1. The summed E-state index contributed by atoms with van der Waals surface area (Å²) in [6.07, 6.45) is 3.41. The molecule has 1 heterocycles. The first kappa shape index (κ1) is 15.6. The lowest BCUT2D eigenvalue weighted by molar-refractivity contribution is 0.561. The topological polar surface area (TPSA) is 89.8 Å². The fraction of sp³-hybridized carbons (Fsp3) is 0.462. The van der Waals surface area contributed by atoms with Crippen molar-refractivity contribution in [2.45, 2.75) is 19.4 Å². The highest BCUT2D eigenvalue weighted by molar-refractivity contribution is 7.90. The predicted octanol–water partition coefficient (Wildman–Crippen LogP) is 0.748. The minimum absolute atomic E-state index is 0.126. The lowest BCUT2D eigenvalue weighted by atomic mass is 10.1. The molecule has 2 rings (SSSR count). The van der Waals surface area contributed by atoms with Gasteiger partial charge in [-0.05, 0) is 48.0 Å². The molecule has 7 nitrogen and oxygen atoms in total. The van der Waals surface area contributed by atoms with E-state index in [1.807, 2.05) is 31.2 Å². The van der Waals surface area contributed by atoms with Crippen molar-refractivity contribution in [1.29, 1.82) is 0 Å². The highest BCUT2D eigenvalue weighted by Gasteiger charge is 2.08. The fourth-order valence-electron chi connectivity index (χ4n) is 1.99. The number of rotatable bonds is 7. The van der Waals surface area contributed by atoms with Crippen molar-refractivity contribution in [1.82, 2.24) is 25.5 Å². The number of nitrogens with one attached hydrogen (secondary N) is 1. The third-order valence-corrected chi connectivity index (χ3v) is 4.16. The lowest BCUT2D eigenvalue weighted by Crippen LogP contribution is -2.22. The maximum Gasteiger partial charge on any atom is 0.147 e. The molecule has 0 amide bonds. The van der Waals surface area contributed by atoms with Crippen molar-refractivity contribution in [3.63, 3.8) is 0 Å². The highest BCUT2D eigenvalue weighted by Crippen LogP contribution is 2.16. The van der Waals surface area contributed by atoms with E-state index < -0.39 is 9.84 Å². The molecule has 2 aromatic rings. The van der Waals surface area contributed by atoms with E-state index in [9.17, 15) is 8.42 Å². The van der Waals surface area contributed by atoms with Gasteiger partial charge < -0.3 is 5.32 Å². The van der Waals surface area contributed by atoms with Gasteiger partial charge in [-0.3, -0.25) is 0 Å². The minimum Gasteiger partial charge on any atom is -0.310 e. The van der Waals surface area contributed by atoms with Crippen molar-refractivity contribution >= 4 is 9.84 Å². The summed E-state index contributed by atoms with van der Waals surface area (Å²) in [6, 6.07) is 8.02. The molecule has 0 bridgehead atoms. The average molecular weight is 309 g/mol. The Bertz CT molecular complexity index is 670. The van der Waals surface area contributed by atoms with Crippen LogP contribution in [-0.2, 0) is 9.84 Å². The van der Waals surface area contributed by atoms with Crippen LogP contribution in [0.1, 0.15) is 24.9 Å². The van der Waals surface area contributed by atoms with Gasteiger partial charge in [-0.1, -0.05) is 12.1 Å². The molecule has 1 atom stereocenters. The molecule has 8 heteroatoms. The maximum absolute atomic E-state index is 11.1. The van der Waals surface area contributed by atoms with Gasteiger partial charge in [0.05, 0.1) is 11.4 Å². The SMILES string of the molecule is CC(NCCCS(C)(=O)=O)c1cccc(-n2cnnn2)c1. The zero-order valence-corrected chi connectivity index (χ0v) is 12.9. The molecule has 1 aromatic carbocycles. The van der Waals surface area contributed by atoms with Gasteiger partial charge in [0, 0.05) is 12.3 Å². The largest absolute Gasteiger partial charge is 0.310 e. The molecule has 21 heavy (non-hydrogen) atoms. The number of sulfone groups is 1. The van der Waals surface area contributed by atoms with Gasteiger partial charge in [-0.2, -0.15) is 0 Å². The van der Waals surface area contributed by atoms with E-state index >= 15 is 0 Å². The van der Waals surface area contributed by atoms with E-state index in [2.05, 4.69) is 20.8 Å². The van der Waals surface area contributed by atoms with Gasteiger partial charge in [-0.25, -0.2) is 13.1 Å². The summed E-state index contributed by atoms with van der Waals surface area (Å²) < 4.78 is 23.7. The predicted molar refractivity (Wildman–Crippen MR) is 79.9 cm³/mol. The van der Waals surface area contributed by atoms with Crippen molar-refractivity contribution in [2.24, 2.45) is 0 Å². The third kappa shape index (κ3) is 4.91. The van der Waals surface area contributed by atoms with Crippen LogP contribution in [0.15, 0.2) is 30.6 Å². The van der Waals surface area contributed by atoms with Gasteiger partial charge in [0.15, 0.2) is 0 Å². The van der Waals surface area contributed by atoms with E-state index in [-0.39, 0.29) is 11.8 Å². The Kier molecular flexibility index (Phi) is 5.03. The first-order chi connectivity index (χ1) is 9.96. The van der Waals surface area contributed by atoms with E-state index in [0.29, 0.717) is 13.0 Å². The Labute approximate surface area is 124 Å². The second kappa shape index (κ2) is 6.77. The number of nitrogens with zero attached hydrogens (tertiary/aromatic N) is 4. The molecule has 0 spiro atoms. The van der Waals surface area contributed by atoms with Crippen LogP contribution in [0.5, 0.6) is 0 Å². The van der Waals surface area contributed by atoms with E-state index in [4.69, 9.17) is 0 Å². The van der Waals surface area contributed by atoms with Gasteiger partial charge in [-0.15, -0.1) is 5.10 Å². The lowest BCUT2D eigenvalue weighted by Gasteiger charge is -2.15. The Morgan fingerprint density at radius 3 is 2.86 bits per heavy atom. The monoisotopic (exact) mass is 309 g/mol. The summed E-state index contributed by atoms with van der Waals surface area (Å²) in [4.78, 5) is 0. The number of aromatic nitrogens is 4. The molecule has 0 saturated carbocycles. The Hall–Kier alpha value is -1.80. The van der Waals surface area contributed by atoms with E-state index in [1.165, 1.54) is 6.26 Å². The van der Waals surface area contributed by atoms with Crippen molar-refractivity contribution in [2.75, 3.05) is 18.6 Å². The van der Waals surface area contributed by atoms with Crippen LogP contribution in [-0.4, -0.2) is 47.2 Å². The quantitative estimate of drug-likeness (QED) is 0.759. The number of hydrogen-bond acceptors (Lipinski definition) is 6. The molecule has 0 aliphatic heterocycles. The summed E-state index contributed by atoms with van der Waals surface area (Å²) in [7, 11) is -2.89. The minimum atomic E-state index is -2.89. The Balaban J connectivity index is 1.93. The van der Waals surface area contributed by atoms with Crippen LogP contribution in [0.25, 0.3) is 5.69 Å². The van der Waals surface area contributed by atoms with Crippen LogP contribution in [0.4, 0.5) is 0 Å². The third-order valence-electron chi connectivity index (χ3n) is 3.13. The van der Waals surface area contributed by atoms with Crippen LogP contribution in [0.2, 0.25) is 0 Å². The number of tetrazole rings is 1. The molecule has 0 radical (unpaired) electrons. The molecule has 0 aliphatic rings. The molecular formula is C13H19N5O2S. The normalized spacial score (nSPS) is 13.2. The summed E-state index contributed by atoms with van der Waals surface area (Å²) in [5.74, 6) is 0.206. The Morgan fingerprint density at radius 1 is 1.38 bits per heavy atom. The Morgan fingerprint density at radius 2 is 2.19 bits per heavy atom. The summed E-state index contributed by atoms with van der Waals surface area (Å²) >= 11 is 0. The van der Waals surface area contributed by atoms with Crippen LogP contribution in [0, 0.1) is 0 Å². The molecule has 1 N–H and O–H groups in total. The standard InChI is InChI=1S/C13H19N5O2S/c1-11(14-7-4-8-21(2,19)20)12-5-3-6-13(9-12)18-10-15-16-17-18/h3,5-6,9-11,14H,4,7-8H2,1-2H3. The highest BCUT2D eigenvalue weighted by atomic mass is 32.2. The van der Waals surface area contributed by atoms with Crippen LogP contribution in [0.3, 0.4) is 0 Å².